The predicted octanol–water partition coefficient (Wildman–Crippen LogP) is 2.79. The minimum Gasteiger partial charge on any atom is -0.394 e. The first kappa shape index (κ1) is 13.3. The highest BCUT2D eigenvalue weighted by Crippen LogP contribution is 2.18. The van der Waals surface area contributed by atoms with Crippen molar-refractivity contribution in [1.82, 2.24) is 0 Å². The van der Waals surface area contributed by atoms with Crippen LogP contribution < -0.4 is 5.73 Å². The summed E-state index contributed by atoms with van der Waals surface area (Å²) < 4.78 is 26.5. The number of nitrogen functional groups attached to an aromatic ring is 1. The molecule has 2 N–H and O–H groups in total. The molecule has 1 aromatic rings. The van der Waals surface area contributed by atoms with Crippen LogP contribution in [0.25, 0.3) is 0 Å². The molecule has 0 heterocycles. The molecule has 3 nitrogen and oxygen atoms in total. The van der Waals surface area contributed by atoms with Crippen molar-refractivity contribution < 1.29 is 8.78 Å². The van der Waals surface area contributed by atoms with E-state index in [0.29, 0.717) is 0 Å². The monoisotopic (exact) mass is 239 g/mol. The molecule has 0 atom stereocenters. The summed E-state index contributed by atoms with van der Waals surface area (Å²) in [5, 5.41) is 0. The van der Waals surface area contributed by atoms with E-state index in [1.54, 1.807) is 6.21 Å². The van der Waals surface area contributed by atoms with E-state index >= 15 is 0 Å². The zero-order valence-electron chi connectivity index (χ0n) is 9.87. The topological polar surface area (TPSA) is 50.7 Å². The van der Waals surface area contributed by atoms with Gasteiger partial charge in [0.05, 0.1) is 0 Å². The second-order valence-corrected chi connectivity index (χ2v) is 3.50. The molecule has 0 aliphatic carbocycles. The molecule has 0 aromatic heterocycles. The normalized spacial score (nSPS) is 12.4. The first-order valence-electron chi connectivity index (χ1n) is 5.34. The molecule has 0 bridgehead atoms. The number of rotatable bonds is 3. The third-order valence-electron chi connectivity index (χ3n) is 2.18. The third kappa shape index (κ3) is 3.34. The third-order valence-corrected chi connectivity index (χ3v) is 2.18. The van der Waals surface area contributed by atoms with Crippen LogP contribution in [-0.2, 0) is 0 Å². The number of nitrogens with two attached hydrogens (primary N) is 1. The number of aliphatic imine (C=N–C) groups is 2. The summed E-state index contributed by atoms with van der Waals surface area (Å²) in [6.45, 7) is 2.01. The fourth-order valence-corrected chi connectivity index (χ4v) is 1.25. The number of nitrogens with zero attached hydrogens (tertiary/aromatic N) is 2. The van der Waals surface area contributed by atoms with Gasteiger partial charge in [-0.3, -0.25) is 4.99 Å². The van der Waals surface area contributed by atoms with E-state index in [-0.39, 0.29) is 11.4 Å². The number of anilines is 1. The molecule has 5 heteroatoms. The van der Waals surface area contributed by atoms with Crippen LogP contribution in [-0.4, -0.2) is 19.1 Å². The van der Waals surface area contributed by atoms with Gasteiger partial charge in [-0.25, -0.2) is 13.8 Å². The molecule has 0 unspecified atom stereocenters. The SMILES string of the molecule is CCC/C=N\C(=N/C)c1cc(F)c(N)c(F)c1. The summed E-state index contributed by atoms with van der Waals surface area (Å²) in [4.78, 5) is 7.95. The summed E-state index contributed by atoms with van der Waals surface area (Å²) in [6, 6.07) is 2.26. The highest BCUT2D eigenvalue weighted by atomic mass is 19.1. The van der Waals surface area contributed by atoms with E-state index < -0.39 is 17.3 Å². The molecule has 92 valence electrons. The maximum atomic E-state index is 13.3. The highest BCUT2D eigenvalue weighted by molar-refractivity contribution is 6.03. The Labute approximate surface area is 99.1 Å². The smallest absolute Gasteiger partial charge is 0.154 e. The Hall–Kier alpha value is -1.78. The first-order chi connectivity index (χ1) is 8.10. The fourth-order valence-electron chi connectivity index (χ4n) is 1.25. The highest BCUT2D eigenvalue weighted by Gasteiger charge is 2.10. The zero-order valence-corrected chi connectivity index (χ0v) is 9.87. The average molecular weight is 239 g/mol. The second kappa shape index (κ2) is 6.08. The summed E-state index contributed by atoms with van der Waals surface area (Å²) >= 11 is 0. The minimum absolute atomic E-state index is 0.282. The van der Waals surface area contributed by atoms with Gasteiger partial charge >= 0.3 is 0 Å². The van der Waals surface area contributed by atoms with Crippen molar-refractivity contribution in [2.45, 2.75) is 19.8 Å². The molecular weight excluding hydrogens is 224 g/mol. The summed E-state index contributed by atoms with van der Waals surface area (Å²) in [5.74, 6) is -1.31. The van der Waals surface area contributed by atoms with Crippen molar-refractivity contribution >= 4 is 17.7 Å². The molecule has 0 aliphatic rings. The number of amidine groups is 1. The van der Waals surface area contributed by atoms with Crippen LogP contribution in [0.3, 0.4) is 0 Å². The molecule has 1 aromatic carbocycles. The zero-order chi connectivity index (χ0) is 12.8. The van der Waals surface area contributed by atoms with E-state index in [2.05, 4.69) is 9.98 Å². The molecule has 0 aliphatic heterocycles. The van der Waals surface area contributed by atoms with Gasteiger partial charge in [0, 0.05) is 18.8 Å². The van der Waals surface area contributed by atoms with Crippen molar-refractivity contribution in [1.29, 1.82) is 0 Å². The van der Waals surface area contributed by atoms with Gasteiger partial charge in [0.2, 0.25) is 0 Å². The summed E-state index contributed by atoms with van der Waals surface area (Å²) in [5.41, 5.74) is 4.98. The Bertz CT molecular complexity index is 430. The predicted molar refractivity (Wildman–Crippen MR) is 66.6 cm³/mol. The van der Waals surface area contributed by atoms with E-state index in [0.717, 1.165) is 25.0 Å². The van der Waals surface area contributed by atoms with Gasteiger partial charge in [-0.2, -0.15) is 0 Å². The van der Waals surface area contributed by atoms with E-state index in [9.17, 15) is 8.78 Å². The number of halogens is 2. The Morgan fingerprint density at radius 1 is 1.35 bits per heavy atom. The van der Waals surface area contributed by atoms with Crippen LogP contribution in [0.4, 0.5) is 14.5 Å². The van der Waals surface area contributed by atoms with Crippen molar-refractivity contribution in [3.63, 3.8) is 0 Å². The van der Waals surface area contributed by atoms with Crippen LogP contribution in [0.2, 0.25) is 0 Å². The van der Waals surface area contributed by atoms with Crippen LogP contribution in [0.1, 0.15) is 25.3 Å². The van der Waals surface area contributed by atoms with Gasteiger partial charge < -0.3 is 5.73 Å². The maximum Gasteiger partial charge on any atom is 0.154 e. The Kier molecular flexibility index (Phi) is 4.75. The second-order valence-electron chi connectivity index (χ2n) is 3.50. The lowest BCUT2D eigenvalue weighted by Gasteiger charge is -2.04. The van der Waals surface area contributed by atoms with Crippen molar-refractivity contribution in [2.75, 3.05) is 12.8 Å². The fraction of sp³-hybridized carbons (Fsp3) is 0.333. The van der Waals surface area contributed by atoms with E-state index in [1.807, 2.05) is 6.92 Å². The molecule has 0 amide bonds. The molecule has 0 saturated heterocycles. The van der Waals surface area contributed by atoms with Crippen LogP contribution >= 0.6 is 0 Å². The average Bonchev–Trinajstić information content (AvgIpc) is 2.31. The maximum absolute atomic E-state index is 13.3. The Morgan fingerprint density at radius 2 is 1.94 bits per heavy atom. The van der Waals surface area contributed by atoms with Gasteiger partial charge in [0.15, 0.2) is 5.84 Å². The summed E-state index contributed by atoms with van der Waals surface area (Å²) in [7, 11) is 1.52. The molecule has 0 saturated carbocycles. The quantitative estimate of drug-likeness (QED) is 0.492. The largest absolute Gasteiger partial charge is 0.394 e. The van der Waals surface area contributed by atoms with Gasteiger partial charge in [-0.05, 0) is 18.6 Å². The number of unbranched alkanes of at least 4 members (excludes halogenated alkanes) is 1. The Morgan fingerprint density at radius 3 is 2.41 bits per heavy atom. The van der Waals surface area contributed by atoms with E-state index in [1.165, 1.54) is 7.05 Å². The molecule has 0 radical (unpaired) electrons. The molecule has 0 spiro atoms. The van der Waals surface area contributed by atoms with Gasteiger partial charge in [-0.15, -0.1) is 0 Å². The molecule has 1 rings (SSSR count). The lowest BCUT2D eigenvalue weighted by atomic mass is 10.1. The lowest BCUT2D eigenvalue weighted by Crippen LogP contribution is -2.03. The van der Waals surface area contributed by atoms with Crippen LogP contribution in [0.5, 0.6) is 0 Å². The van der Waals surface area contributed by atoms with Gasteiger partial charge in [-0.1, -0.05) is 13.3 Å². The molecule has 0 fully saturated rings. The lowest BCUT2D eigenvalue weighted by molar-refractivity contribution is 0.591. The molecular formula is C12H15F2N3. The molecule has 17 heavy (non-hydrogen) atoms. The van der Waals surface area contributed by atoms with Gasteiger partial charge in [0.1, 0.15) is 17.3 Å². The van der Waals surface area contributed by atoms with Crippen molar-refractivity contribution in [3.8, 4) is 0 Å². The number of hydrogen-bond acceptors (Lipinski definition) is 2. The van der Waals surface area contributed by atoms with E-state index in [4.69, 9.17) is 5.73 Å². The summed E-state index contributed by atoms with van der Waals surface area (Å²) in [6.07, 6.45) is 3.42. The minimum atomic E-state index is -0.799. The first-order valence-corrected chi connectivity index (χ1v) is 5.34. The van der Waals surface area contributed by atoms with Crippen LogP contribution in [0, 0.1) is 11.6 Å². The Balaban J connectivity index is 3.06. The van der Waals surface area contributed by atoms with Crippen LogP contribution in [0.15, 0.2) is 22.1 Å². The number of benzene rings is 1. The number of hydrogen-bond donors (Lipinski definition) is 1. The van der Waals surface area contributed by atoms with Crippen molar-refractivity contribution in [2.24, 2.45) is 9.98 Å². The van der Waals surface area contributed by atoms with Gasteiger partial charge in [0.25, 0.3) is 0 Å². The van der Waals surface area contributed by atoms with Crippen molar-refractivity contribution in [3.05, 3.63) is 29.3 Å². The standard InChI is InChI=1S/C12H15F2N3/c1-3-4-5-17-12(16-2)8-6-9(13)11(15)10(14)7-8/h5-7H,3-4,15H2,1-2H3/b16-12-,17-5-.